The van der Waals surface area contributed by atoms with Gasteiger partial charge in [-0.05, 0) is 25.8 Å². The summed E-state index contributed by atoms with van der Waals surface area (Å²) in [5.41, 5.74) is 3.04. The highest BCUT2D eigenvalue weighted by atomic mass is 32.2. The van der Waals surface area contributed by atoms with Gasteiger partial charge in [-0.1, -0.05) is 12.2 Å². The van der Waals surface area contributed by atoms with Crippen LogP contribution in [0.3, 0.4) is 0 Å². The summed E-state index contributed by atoms with van der Waals surface area (Å²) in [6, 6.07) is 4.02. The zero-order valence-electron chi connectivity index (χ0n) is 16.7. The zero-order chi connectivity index (χ0) is 20.0. The van der Waals surface area contributed by atoms with Crippen molar-refractivity contribution >= 4 is 27.4 Å². The van der Waals surface area contributed by atoms with Crippen LogP contribution in [0.2, 0.25) is 0 Å². The lowest BCUT2D eigenvalue weighted by atomic mass is 10.1. The van der Waals surface area contributed by atoms with Gasteiger partial charge in [0, 0.05) is 47.9 Å². The summed E-state index contributed by atoms with van der Waals surface area (Å²) < 4.78 is 23.2. The molecule has 7 nitrogen and oxygen atoms in total. The van der Waals surface area contributed by atoms with Crippen LogP contribution in [-0.4, -0.2) is 56.5 Å². The van der Waals surface area contributed by atoms with E-state index < -0.39 is 9.73 Å². The number of morpholine rings is 1. The summed E-state index contributed by atoms with van der Waals surface area (Å²) in [7, 11) is -2.30. The van der Waals surface area contributed by atoms with E-state index in [9.17, 15) is 4.21 Å². The lowest BCUT2D eigenvalue weighted by Gasteiger charge is -2.34. The largest absolute Gasteiger partial charge is 0.377 e. The van der Waals surface area contributed by atoms with Crippen molar-refractivity contribution in [1.29, 1.82) is 0 Å². The lowest BCUT2D eigenvalue weighted by Crippen LogP contribution is -2.44. The molecule has 3 aliphatic rings. The van der Waals surface area contributed by atoms with E-state index >= 15 is 0 Å². The Morgan fingerprint density at radius 3 is 2.97 bits per heavy atom. The number of rotatable bonds is 4. The standard InChI is InChI=1S/C21H25N5O2S/c1-14-13-28-11-10-26(14)20-12-19(25-29(2,27)15-6-7-15)23-21(24-20)17-8-9-22-18-5-3-4-16(17)18/h3-4,8-9,12,14-15H,5-7,10-11,13H2,1-2H3/t14-,29?/m1/s1. The molecule has 0 amide bonds. The molecule has 0 aromatic carbocycles. The molecule has 5 rings (SSSR count). The molecule has 152 valence electrons. The number of pyridine rings is 1. The van der Waals surface area contributed by atoms with Crippen molar-refractivity contribution < 1.29 is 8.95 Å². The van der Waals surface area contributed by atoms with Gasteiger partial charge in [0.15, 0.2) is 11.6 Å². The number of allylic oxidation sites excluding steroid dienone is 1. The molecule has 2 aliphatic carbocycles. The van der Waals surface area contributed by atoms with Crippen molar-refractivity contribution in [2.45, 2.75) is 37.5 Å². The molecular formula is C21H25N5O2S. The fourth-order valence-corrected chi connectivity index (χ4v) is 5.54. The number of aromatic nitrogens is 3. The lowest BCUT2D eigenvalue weighted by molar-refractivity contribution is 0.0985. The normalized spacial score (nSPS) is 23.0. The average Bonchev–Trinajstić information content (AvgIpc) is 3.46. The number of hydrogen-bond donors (Lipinski definition) is 0. The van der Waals surface area contributed by atoms with Gasteiger partial charge in [0.25, 0.3) is 0 Å². The first-order valence-corrected chi connectivity index (χ1v) is 12.1. The molecule has 29 heavy (non-hydrogen) atoms. The fraction of sp³-hybridized carbons (Fsp3) is 0.476. The van der Waals surface area contributed by atoms with E-state index in [-0.39, 0.29) is 11.3 Å². The first-order chi connectivity index (χ1) is 14.0. The second kappa shape index (κ2) is 7.18. The van der Waals surface area contributed by atoms with Gasteiger partial charge in [-0.25, -0.2) is 14.2 Å². The number of nitrogens with zero attached hydrogens (tertiary/aromatic N) is 5. The van der Waals surface area contributed by atoms with Gasteiger partial charge in [-0.15, -0.1) is 0 Å². The summed E-state index contributed by atoms with van der Waals surface area (Å²) in [6.45, 7) is 4.20. The van der Waals surface area contributed by atoms with E-state index in [1.165, 1.54) is 0 Å². The maximum Gasteiger partial charge on any atom is 0.167 e. The number of fused-ring (bicyclic) bond motifs is 1. The molecule has 0 N–H and O–H groups in total. The molecule has 2 aromatic heterocycles. The van der Waals surface area contributed by atoms with Crippen LogP contribution in [0, 0.1) is 0 Å². The quantitative estimate of drug-likeness (QED) is 0.768. The highest BCUT2D eigenvalue weighted by Crippen LogP contribution is 2.34. The van der Waals surface area contributed by atoms with Crippen LogP contribution in [0.4, 0.5) is 11.6 Å². The first-order valence-electron chi connectivity index (χ1n) is 10.1. The summed E-state index contributed by atoms with van der Waals surface area (Å²) in [6.07, 6.45) is 10.5. The SMILES string of the molecule is C[C@@H]1COCCN1c1cc(N=S(C)(=O)C2CC2)nc(-c2ccnc3c2C=CC3)n1. The Balaban J connectivity index is 1.65. The van der Waals surface area contributed by atoms with Crippen molar-refractivity contribution in [2.24, 2.45) is 4.36 Å². The molecule has 0 bridgehead atoms. The Labute approximate surface area is 171 Å². The first kappa shape index (κ1) is 18.7. The summed E-state index contributed by atoms with van der Waals surface area (Å²) in [4.78, 5) is 16.3. The van der Waals surface area contributed by atoms with Gasteiger partial charge < -0.3 is 9.64 Å². The molecular weight excluding hydrogens is 386 g/mol. The van der Waals surface area contributed by atoms with Gasteiger partial charge in [0.05, 0.1) is 34.7 Å². The highest BCUT2D eigenvalue weighted by molar-refractivity contribution is 7.93. The topological polar surface area (TPSA) is 80.6 Å². The van der Waals surface area contributed by atoms with E-state index in [2.05, 4.69) is 33.3 Å². The third kappa shape index (κ3) is 3.67. The summed E-state index contributed by atoms with van der Waals surface area (Å²) >= 11 is 0. The van der Waals surface area contributed by atoms with Gasteiger partial charge in [-0.3, -0.25) is 4.98 Å². The number of hydrogen-bond acceptors (Lipinski definition) is 7. The predicted molar refractivity (Wildman–Crippen MR) is 115 cm³/mol. The van der Waals surface area contributed by atoms with Crippen molar-refractivity contribution in [3.8, 4) is 11.4 Å². The van der Waals surface area contributed by atoms with E-state index in [4.69, 9.17) is 14.7 Å². The minimum absolute atomic E-state index is 0.180. The van der Waals surface area contributed by atoms with Crippen LogP contribution >= 0.6 is 0 Å². The molecule has 1 saturated heterocycles. The zero-order valence-corrected chi connectivity index (χ0v) is 17.6. The van der Waals surface area contributed by atoms with Crippen LogP contribution in [-0.2, 0) is 20.9 Å². The molecule has 1 saturated carbocycles. The van der Waals surface area contributed by atoms with Gasteiger partial charge in [-0.2, -0.15) is 4.36 Å². The Kier molecular flexibility index (Phi) is 4.63. The van der Waals surface area contributed by atoms with E-state index in [0.717, 1.165) is 48.4 Å². The van der Waals surface area contributed by atoms with E-state index in [0.29, 0.717) is 24.9 Å². The minimum atomic E-state index is -2.30. The predicted octanol–water partition coefficient (Wildman–Crippen LogP) is 3.22. The van der Waals surface area contributed by atoms with Crippen molar-refractivity contribution in [1.82, 2.24) is 15.0 Å². The molecule has 2 aromatic rings. The second-order valence-electron chi connectivity index (χ2n) is 8.00. The summed E-state index contributed by atoms with van der Waals surface area (Å²) in [5.74, 6) is 1.91. The maximum absolute atomic E-state index is 13.0. The number of ether oxygens (including phenoxy) is 1. The fourth-order valence-electron chi connectivity index (χ4n) is 3.92. The molecule has 0 radical (unpaired) electrons. The Morgan fingerprint density at radius 1 is 1.31 bits per heavy atom. The molecule has 0 spiro atoms. The van der Waals surface area contributed by atoms with Crippen LogP contribution < -0.4 is 4.90 Å². The average molecular weight is 412 g/mol. The molecule has 1 aliphatic heterocycles. The van der Waals surface area contributed by atoms with Crippen molar-refractivity contribution in [3.05, 3.63) is 35.7 Å². The Hall–Kier alpha value is -2.32. The van der Waals surface area contributed by atoms with Crippen LogP contribution in [0.1, 0.15) is 31.0 Å². The van der Waals surface area contributed by atoms with Crippen LogP contribution in [0.15, 0.2) is 28.8 Å². The van der Waals surface area contributed by atoms with E-state index in [1.54, 1.807) is 12.5 Å². The van der Waals surface area contributed by atoms with Gasteiger partial charge >= 0.3 is 0 Å². The van der Waals surface area contributed by atoms with Gasteiger partial charge in [0.2, 0.25) is 0 Å². The second-order valence-corrected chi connectivity index (χ2v) is 10.6. The smallest absolute Gasteiger partial charge is 0.167 e. The van der Waals surface area contributed by atoms with Crippen molar-refractivity contribution in [3.63, 3.8) is 0 Å². The number of anilines is 1. The van der Waals surface area contributed by atoms with Crippen LogP contribution in [0.5, 0.6) is 0 Å². The molecule has 1 unspecified atom stereocenters. The Morgan fingerprint density at radius 2 is 2.17 bits per heavy atom. The third-order valence-corrected chi connectivity index (χ3v) is 7.95. The highest BCUT2D eigenvalue weighted by Gasteiger charge is 2.31. The third-order valence-electron chi connectivity index (χ3n) is 5.69. The van der Waals surface area contributed by atoms with Crippen LogP contribution in [0.25, 0.3) is 17.5 Å². The maximum atomic E-state index is 13.0. The van der Waals surface area contributed by atoms with E-state index in [1.807, 2.05) is 12.1 Å². The summed E-state index contributed by atoms with van der Waals surface area (Å²) in [5, 5.41) is 0.180. The monoisotopic (exact) mass is 411 g/mol. The molecule has 2 fully saturated rings. The van der Waals surface area contributed by atoms with Crippen molar-refractivity contribution in [2.75, 3.05) is 30.9 Å². The Bertz CT molecular complexity index is 1100. The minimum Gasteiger partial charge on any atom is -0.377 e. The molecule has 3 heterocycles. The molecule has 2 atom stereocenters. The van der Waals surface area contributed by atoms with Gasteiger partial charge in [0.1, 0.15) is 5.82 Å². The molecule has 8 heteroatoms.